The molecule has 20 heavy (non-hydrogen) atoms. The molecule has 5 heteroatoms. The van der Waals surface area contributed by atoms with Crippen molar-refractivity contribution < 1.29 is 0 Å². The Morgan fingerprint density at radius 1 is 1.00 bits per heavy atom. The van der Waals surface area contributed by atoms with Crippen LogP contribution in [0.3, 0.4) is 0 Å². The maximum atomic E-state index is 6.34. The van der Waals surface area contributed by atoms with Crippen LogP contribution in [0.4, 0.5) is 0 Å². The lowest BCUT2D eigenvalue weighted by molar-refractivity contribution is 1.22. The number of aromatic nitrogens is 2. The van der Waals surface area contributed by atoms with Gasteiger partial charge in [0, 0.05) is 15.4 Å². The molecule has 0 radical (unpaired) electrons. The van der Waals surface area contributed by atoms with Gasteiger partial charge in [0.1, 0.15) is 5.15 Å². The summed E-state index contributed by atoms with van der Waals surface area (Å²) in [7, 11) is 0. The van der Waals surface area contributed by atoms with Crippen LogP contribution in [0.25, 0.3) is 22.3 Å². The van der Waals surface area contributed by atoms with E-state index >= 15 is 0 Å². The number of fused-ring (bicyclic) bond motifs is 1. The third kappa shape index (κ3) is 2.30. The van der Waals surface area contributed by atoms with E-state index < -0.39 is 0 Å². The highest BCUT2D eigenvalue weighted by Gasteiger charge is 2.13. The molecule has 0 saturated carbocycles. The maximum Gasteiger partial charge on any atom is 0.163 e. The predicted octanol–water partition coefficient (Wildman–Crippen LogP) is 5.67. The number of halogens is 3. The lowest BCUT2D eigenvalue weighted by Gasteiger charge is -2.08. The fourth-order valence-electron chi connectivity index (χ4n) is 2.02. The van der Waals surface area contributed by atoms with Crippen LogP contribution in [0.1, 0.15) is 5.56 Å². The largest absolute Gasteiger partial charge is 0.227 e. The number of nitrogens with zero attached hydrogens (tertiary/aromatic N) is 2. The van der Waals surface area contributed by atoms with Gasteiger partial charge in [0.2, 0.25) is 0 Å². The first-order chi connectivity index (χ1) is 9.58. The second-order valence-electron chi connectivity index (χ2n) is 4.41. The van der Waals surface area contributed by atoms with E-state index in [1.807, 2.05) is 43.3 Å². The lowest BCUT2D eigenvalue weighted by Crippen LogP contribution is -1.94. The van der Waals surface area contributed by atoms with E-state index in [4.69, 9.17) is 23.2 Å². The predicted molar refractivity (Wildman–Crippen MR) is 87.4 cm³/mol. The number of rotatable bonds is 1. The topological polar surface area (TPSA) is 25.8 Å². The van der Waals surface area contributed by atoms with Crippen LogP contribution in [0.2, 0.25) is 10.2 Å². The molecule has 0 amide bonds. The van der Waals surface area contributed by atoms with E-state index in [0.29, 0.717) is 16.0 Å². The molecule has 2 aromatic carbocycles. The molecule has 0 bridgehead atoms. The normalized spacial score (nSPS) is 11.0. The van der Waals surface area contributed by atoms with Crippen LogP contribution in [0.5, 0.6) is 0 Å². The Kier molecular flexibility index (Phi) is 3.67. The Morgan fingerprint density at radius 3 is 2.55 bits per heavy atom. The quantitative estimate of drug-likeness (QED) is 0.517. The SMILES string of the molecule is Cc1cccc(-c2nc(Cl)c3cccc(Br)c3n2)c1Cl. The summed E-state index contributed by atoms with van der Waals surface area (Å²) in [5.74, 6) is 0.531. The van der Waals surface area contributed by atoms with Crippen LogP contribution < -0.4 is 0 Å². The molecular weight excluding hydrogens is 359 g/mol. The van der Waals surface area contributed by atoms with Gasteiger partial charge in [0.05, 0.1) is 10.5 Å². The molecule has 0 atom stereocenters. The second-order valence-corrected chi connectivity index (χ2v) is 6.00. The lowest BCUT2D eigenvalue weighted by atomic mass is 10.1. The maximum absolute atomic E-state index is 6.34. The van der Waals surface area contributed by atoms with E-state index in [1.54, 1.807) is 0 Å². The van der Waals surface area contributed by atoms with Crippen molar-refractivity contribution in [3.05, 3.63) is 56.6 Å². The van der Waals surface area contributed by atoms with Crippen LogP contribution in [-0.2, 0) is 0 Å². The van der Waals surface area contributed by atoms with Crippen molar-refractivity contribution in [3.8, 4) is 11.4 Å². The first-order valence-electron chi connectivity index (χ1n) is 5.95. The fourth-order valence-corrected chi connectivity index (χ4v) is 2.92. The molecule has 0 unspecified atom stereocenters. The molecule has 0 spiro atoms. The monoisotopic (exact) mass is 366 g/mol. The zero-order valence-electron chi connectivity index (χ0n) is 10.5. The van der Waals surface area contributed by atoms with Crippen molar-refractivity contribution in [2.24, 2.45) is 0 Å². The summed E-state index contributed by atoms with van der Waals surface area (Å²) >= 11 is 16.1. The highest BCUT2D eigenvalue weighted by molar-refractivity contribution is 9.10. The van der Waals surface area contributed by atoms with Gasteiger partial charge in [-0.25, -0.2) is 9.97 Å². The van der Waals surface area contributed by atoms with Crippen LogP contribution >= 0.6 is 39.1 Å². The first kappa shape index (κ1) is 13.8. The number of hydrogen-bond donors (Lipinski definition) is 0. The molecule has 0 fully saturated rings. The number of benzene rings is 2. The third-order valence-electron chi connectivity index (χ3n) is 3.06. The van der Waals surface area contributed by atoms with Gasteiger partial charge in [0.15, 0.2) is 5.82 Å². The molecule has 0 aliphatic carbocycles. The van der Waals surface area contributed by atoms with Crippen LogP contribution in [0, 0.1) is 6.92 Å². The standard InChI is InChI=1S/C15H9BrCl2N2/c1-8-4-2-5-9(12(8)17)15-19-13-10(14(18)20-15)6-3-7-11(13)16/h2-7H,1H3. The third-order valence-corrected chi connectivity index (χ3v) is 4.49. The molecule has 0 aliphatic rings. The van der Waals surface area contributed by atoms with Crippen LogP contribution in [0.15, 0.2) is 40.9 Å². The minimum Gasteiger partial charge on any atom is -0.227 e. The number of aryl methyl sites for hydroxylation is 1. The molecule has 3 rings (SSSR count). The van der Waals surface area contributed by atoms with Crippen molar-refractivity contribution in [1.82, 2.24) is 9.97 Å². The minimum atomic E-state index is 0.420. The van der Waals surface area contributed by atoms with E-state index in [1.165, 1.54) is 0 Å². The summed E-state index contributed by atoms with van der Waals surface area (Å²) in [5.41, 5.74) is 2.54. The molecule has 0 aliphatic heterocycles. The first-order valence-corrected chi connectivity index (χ1v) is 7.50. The molecule has 1 heterocycles. The molecular formula is C15H9BrCl2N2. The van der Waals surface area contributed by atoms with Gasteiger partial charge in [-0.2, -0.15) is 0 Å². The van der Waals surface area contributed by atoms with Gasteiger partial charge < -0.3 is 0 Å². The Bertz CT molecular complexity index is 818. The van der Waals surface area contributed by atoms with Gasteiger partial charge in [-0.15, -0.1) is 0 Å². The van der Waals surface area contributed by atoms with Gasteiger partial charge in [-0.05, 0) is 46.6 Å². The molecule has 100 valence electrons. The van der Waals surface area contributed by atoms with Gasteiger partial charge in [0.25, 0.3) is 0 Å². The zero-order valence-corrected chi connectivity index (χ0v) is 13.6. The van der Waals surface area contributed by atoms with E-state index in [0.717, 1.165) is 26.5 Å². The Balaban J connectivity index is 2.33. The summed E-state index contributed by atoms with van der Waals surface area (Å²) in [6.45, 7) is 1.95. The summed E-state index contributed by atoms with van der Waals surface area (Å²) in [6.07, 6.45) is 0. The average Bonchev–Trinajstić information content (AvgIpc) is 2.43. The van der Waals surface area contributed by atoms with Crippen molar-refractivity contribution in [2.75, 3.05) is 0 Å². The van der Waals surface area contributed by atoms with Crippen molar-refractivity contribution in [2.45, 2.75) is 6.92 Å². The Morgan fingerprint density at radius 2 is 1.75 bits per heavy atom. The molecule has 0 N–H and O–H groups in total. The second kappa shape index (κ2) is 5.32. The van der Waals surface area contributed by atoms with Crippen molar-refractivity contribution in [1.29, 1.82) is 0 Å². The van der Waals surface area contributed by atoms with Gasteiger partial charge in [-0.1, -0.05) is 41.4 Å². The summed E-state index contributed by atoms with van der Waals surface area (Å²) in [4.78, 5) is 8.94. The minimum absolute atomic E-state index is 0.420. The Hall–Kier alpha value is -1.16. The highest BCUT2D eigenvalue weighted by Crippen LogP contribution is 2.33. The zero-order chi connectivity index (χ0) is 14.3. The highest BCUT2D eigenvalue weighted by atomic mass is 79.9. The summed E-state index contributed by atoms with van der Waals surface area (Å²) in [5, 5.41) is 1.88. The van der Waals surface area contributed by atoms with E-state index in [9.17, 15) is 0 Å². The Labute approximate surface area is 134 Å². The number of para-hydroxylation sites is 1. The summed E-state index contributed by atoms with van der Waals surface area (Å²) < 4.78 is 0.879. The van der Waals surface area contributed by atoms with Gasteiger partial charge >= 0.3 is 0 Å². The molecule has 2 nitrogen and oxygen atoms in total. The van der Waals surface area contributed by atoms with Crippen molar-refractivity contribution in [3.63, 3.8) is 0 Å². The molecule has 1 aromatic heterocycles. The molecule has 3 aromatic rings. The fraction of sp³-hybridized carbons (Fsp3) is 0.0667. The van der Waals surface area contributed by atoms with Crippen molar-refractivity contribution >= 4 is 50.0 Å². The van der Waals surface area contributed by atoms with Crippen LogP contribution in [-0.4, -0.2) is 9.97 Å². The smallest absolute Gasteiger partial charge is 0.163 e. The summed E-state index contributed by atoms with van der Waals surface area (Å²) in [6, 6.07) is 11.5. The number of hydrogen-bond acceptors (Lipinski definition) is 2. The van der Waals surface area contributed by atoms with E-state index in [2.05, 4.69) is 25.9 Å². The average molecular weight is 368 g/mol. The molecule has 0 saturated heterocycles. The van der Waals surface area contributed by atoms with E-state index in [-0.39, 0.29) is 0 Å². The van der Waals surface area contributed by atoms with Gasteiger partial charge in [-0.3, -0.25) is 0 Å².